The summed E-state index contributed by atoms with van der Waals surface area (Å²) in [5.41, 5.74) is 1.89. The van der Waals surface area contributed by atoms with Crippen LogP contribution in [0.4, 0.5) is 10.1 Å². The van der Waals surface area contributed by atoms with Gasteiger partial charge in [0, 0.05) is 12.6 Å². The Morgan fingerprint density at radius 3 is 2.33 bits per heavy atom. The predicted molar refractivity (Wildman–Crippen MR) is 139 cm³/mol. The smallest absolute Gasteiger partial charge is 0.244 e. The van der Waals surface area contributed by atoms with Crippen molar-refractivity contribution >= 4 is 27.5 Å². The molecule has 2 aromatic carbocycles. The summed E-state index contributed by atoms with van der Waals surface area (Å²) in [7, 11) is -3.78. The van der Waals surface area contributed by atoms with Gasteiger partial charge in [-0.1, -0.05) is 50.5 Å². The van der Waals surface area contributed by atoms with Gasteiger partial charge < -0.3 is 10.2 Å². The molecule has 0 aliphatic heterocycles. The number of hydrogen-bond donors (Lipinski definition) is 1. The third-order valence-corrected chi connectivity index (χ3v) is 7.71. The van der Waals surface area contributed by atoms with Crippen LogP contribution in [0, 0.1) is 12.7 Å². The van der Waals surface area contributed by atoms with E-state index in [4.69, 9.17) is 0 Å². The van der Waals surface area contributed by atoms with Gasteiger partial charge in [-0.2, -0.15) is 0 Å². The van der Waals surface area contributed by atoms with E-state index in [0.29, 0.717) is 17.7 Å². The summed E-state index contributed by atoms with van der Waals surface area (Å²) < 4.78 is 39.9. The molecule has 1 aliphatic carbocycles. The van der Waals surface area contributed by atoms with Gasteiger partial charge in [-0.25, -0.2) is 12.8 Å². The van der Waals surface area contributed by atoms with Crippen molar-refractivity contribution in [1.29, 1.82) is 0 Å². The number of benzene rings is 2. The standard InChI is InChI=1S/C27H36FN3O4S/c1-4-25(27(33)29-23-10-6-5-7-11-23)30(18-21-13-15-22(28)16-14-21)26(32)19-31(36(3,34)35)24-12-8-9-20(2)17-24/h8-9,12-17,23,25H,4-7,10-11,18-19H2,1-3H3,(H,29,33). The molecule has 1 unspecified atom stereocenters. The highest BCUT2D eigenvalue weighted by atomic mass is 32.2. The molecule has 0 spiro atoms. The molecular weight excluding hydrogens is 481 g/mol. The van der Waals surface area contributed by atoms with Crippen LogP contribution < -0.4 is 9.62 Å². The SMILES string of the molecule is CCC(C(=O)NC1CCCCC1)N(Cc1ccc(F)cc1)C(=O)CN(c1cccc(C)c1)S(C)(=O)=O. The molecule has 196 valence electrons. The minimum absolute atomic E-state index is 0.0567. The molecule has 1 aliphatic rings. The summed E-state index contributed by atoms with van der Waals surface area (Å²) >= 11 is 0. The van der Waals surface area contributed by atoms with Gasteiger partial charge in [-0.3, -0.25) is 13.9 Å². The topological polar surface area (TPSA) is 86.8 Å². The van der Waals surface area contributed by atoms with E-state index in [0.717, 1.165) is 48.2 Å². The molecule has 2 amide bonds. The molecular formula is C27H36FN3O4S. The van der Waals surface area contributed by atoms with Crippen molar-refractivity contribution < 1.29 is 22.4 Å². The molecule has 0 saturated heterocycles. The Balaban J connectivity index is 1.90. The zero-order chi connectivity index (χ0) is 26.3. The molecule has 36 heavy (non-hydrogen) atoms. The van der Waals surface area contributed by atoms with Gasteiger partial charge in [0.05, 0.1) is 11.9 Å². The third-order valence-electron chi connectivity index (χ3n) is 6.57. The summed E-state index contributed by atoms with van der Waals surface area (Å²) in [6, 6.07) is 11.9. The first-order valence-electron chi connectivity index (χ1n) is 12.5. The first kappa shape index (κ1) is 27.6. The van der Waals surface area contributed by atoms with E-state index in [1.807, 2.05) is 19.9 Å². The van der Waals surface area contributed by atoms with E-state index in [-0.39, 0.29) is 18.5 Å². The fraction of sp³-hybridized carbons (Fsp3) is 0.481. The predicted octanol–water partition coefficient (Wildman–Crippen LogP) is 4.16. The maximum Gasteiger partial charge on any atom is 0.244 e. The van der Waals surface area contributed by atoms with Crippen molar-refractivity contribution in [3.63, 3.8) is 0 Å². The molecule has 9 heteroatoms. The Bertz CT molecular complexity index is 1150. The molecule has 0 aromatic heterocycles. The second-order valence-electron chi connectivity index (χ2n) is 9.52. The van der Waals surface area contributed by atoms with Crippen LogP contribution in [0.15, 0.2) is 48.5 Å². The van der Waals surface area contributed by atoms with Crippen LogP contribution in [0.25, 0.3) is 0 Å². The summed E-state index contributed by atoms with van der Waals surface area (Å²) in [5.74, 6) is -1.15. The summed E-state index contributed by atoms with van der Waals surface area (Å²) in [5, 5.41) is 3.10. The lowest BCUT2D eigenvalue weighted by molar-refractivity contribution is -0.140. The average molecular weight is 518 g/mol. The molecule has 0 radical (unpaired) electrons. The van der Waals surface area contributed by atoms with Crippen LogP contribution in [0.2, 0.25) is 0 Å². The Labute approximate surface area is 213 Å². The van der Waals surface area contributed by atoms with Crippen molar-refractivity contribution in [1.82, 2.24) is 10.2 Å². The molecule has 1 saturated carbocycles. The van der Waals surface area contributed by atoms with E-state index >= 15 is 0 Å². The van der Waals surface area contributed by atoms with Gasteiger partial charge in [0.2, 0.25) is 21.8 Å². The molecule has 0 heterocycles. The van der Waals surface area contributed by atoms with Crippen molar-refractivity contribution in [2.75, 3.05) is 17.1 Å². The monoisotopic (exact) mass is 517 g/mol. The lowest BCUT2D eigenvalue weighted by Crippen LogP contribution is -2.53. The normalized spacial score (nSPS) is 15.2. The summed E-state index contributed by atoms with van der Waals surface area (Å²) in [6.45, 7) is 3.28. The summed E-state index contributed by atoms with van der Waals surface area (Å²) in [6.07, 6.45) is 6.49. The van der Waals surface area contributed by atoms with Gasteiger partial charge in [0.1, 0.15) is 18.4 Å². The first-order chi connectivity index (χ1) is 17.1. The second-order valence-corrected chi connectivity index (χ2v) is 11.4. The van der Waals surface area contributed by atoms with Gasteiger partial charge in [-0.15, -0.1) is 0 Å². The van der Waals surface area contributed by atoms with Crippen LogP contribution >= 0.6 is 0 Å². The molecule has 7 nitrogen and oxygen atoms in total. The van der Waals surface area contributed by atoms with Crippen LogP contribution in [0.3, 0.4) is 0 Å². The van der Waals surface area contributed by atoms with Crippen LogP contribution in [-0.2, 0) is 26.2 Å². The van der Waals surface area contributed by atoms with E-state index in [1.165, 1.54) is 17.0 Å². The lowest BCUT2D eigenvalue weighted by atomic mass is 9.95. The number of amides is 2. The number of anilines is 1. The Morgan fingerprint density at radius 1 is 1.08 bits per heavy atom. The van der Waals surface area contributed by atoms with Crippen molar-refractivity contribution in [3.8, 4) is 0 Å². The van der Waals surface area contributed by atoms with E-state index in [9.17, 15) is 22.4 Å². The number of sulfonamides is 1. The van der Waals surface area contributed by atoms with E-state index in [2.05, 4.69) is 5.32 Å². The molecule has 0 bridgehead atoms. The Morgan fingerprint density at radius 2 is 1.75 bits per heavy atom. The van der Waals surface area contributed by atoms with Crippen molar-refractivity contribution in [3.05, 3.63) is 65.5 Å². The maximum absolute atomic E-state index is 13.7. The minimum atomic E-state index is -3.78. The minimum Gasteiger partial charge on any atom is -0.352 e. The van der Waals surface area contributed by atoms with Gasteiger partial charge in [0.15, 0.2) is 0 Å². The van der Waals surface area contributed by atoms with E-state index < -0.39 is 34.3 Å². The first-order valence-corrected chi connectivity index (χ1v) is 14.3. The Kier molecular flexibility index (Phi) is 9.48. The largest absolute Gasteiger partial charge is 0.352 e. The van der Waals surface area contributed by atoms with Crippen molar-refractivity contribution in [2.24, 2.45) is 0 Å². The highest BCUT2D eigenvalue weighted by molar-refractivity contribution is 7.92. The molecule has 3 rings (SSSR count). The number of carbonyl (C=O) groups is 2. The highest BCUT2D eigenvalue weighted by Gasteiger charge is 2.32. The fourth-order valence-electron chi connectivity index (χ4n) is 4.65. The number of nitrogens with zero attached hydrogens (tertiary/aromatic N) is 2. The molecule has 2 aromatic rings. The van der Waals surface area contributed by atoms with Gasteiger partial charge in [-0.05, 0) is 61.6 Å². The van der Waals surface area contributed by atoms with Crippen LogP contribution in [-0.4, -0.2) is 50.0 Å². The zero-order valence-corrected chi connectivity index (χ0v) is 22.1. The number of aryl methyl sites for hydroxylation is 1. The number of halogens is 1. The number of nitrogens with one attached hydrogen (secondary N) is 1. The number of carbonyl (C=O) groups excluding carboxylic acids is 2. The van der Waals surface area contributed by atoms with E-state index in [1.54, 1.807) is 30.3 Å². The summed E-state index contributed by atoms with van der Waals surface area (Å²) in [4.78, 5) is 28.4. The third kappa shape index (κ3) is 7.53. The fourth-order valence-corrected chi connectivity index (χ4v) is 5.49. The lowest BCUT2D eigenvalue weighted by Gasteiger charge is -2.34. The number of rotatable bonds is 10. The number of hydrogen-bond acceptors (Lipinski definition) is 4. The van der Waals surface area contributed by atoms with Crippen molar-refractivity contribution in [2.45, 2.75) is 71.0 Å². The molecule has 1 fully saturated rings. The molecule has 1 atom stereocenters. The maximum atomic E-state index is 13.7. The van der Waals surface area contributed by atoms with Crippen LogP contribution in [0.5, 0.6) is 0 Å². The average Bonchev–Trinajstić information content (AvgIpc) is 2.83. The zero-order valence-electron chi connectivity index (χ0n) is 21.2. The highest BCUT2D eigenvalue weighted by Crippen LogP contribution is 2.22. The Hall–Kier alpha value is -2.94. The van der Waals surface area contributed by atoms with Gasteiger partial charge >= 0.3 is 0 Å². The second kappa shape index (κ2) is 12.3. The van der Waals surface area contributed by atoms with Crippen LogP contribution in [0.1, 0.15) is 56.6 Å². The van der Waals surface area contributed by atoms with Gasteiger partial charge in [0.25, 0.3) is 0 Å². The molecule has 1 N–H and O–H groups in total. The quantitative estimate of drug-likeness (QED) is 0.513.